The quantitative estimate of drug-likeness (QED) is 0.841. The smallest absolute Gasteiger partial charge is 0.179 e. The molecule has 0 saturated carbocycles. The van der Waals surface area contributed by atoms with Crippen molar-refractivity contribution in [1.29, 1.82) is 0 Å². The lowest BCUT2D eigenvalue weighted by molar-refractivity contribution is -0.0469. The number of rotatable bonds is 4. The van der Waals surface area contributed by atoms with Crippen LogP contribution in [0.1, 0.15) is 13.8 Å². The molecule has 0 bridgehead atoms. The fourth-order valence-corrected chi connectivity index (χ4v) is 3.55. The maximum absolute atomic E-state index is 12.2. The molecule has 1 aliphatic rings. The van der Waals surface area contributed by atoms with Gasteiger partial charge in [0.1, 0.15) is 0 Å². The van der Waals surface area contributed by atoms with E-state index in [2.05, 4.69) is 11.8 Å². The largest absolute Gasteiger partial charge is 0.376 e. The first-order chi connectivity index (χ1) is 8.99. The lowest BCUT2D eigenvalue weighted by Gasteiger charge is -2.36. The van der Waals surface area contributed by atoms with Gasteiger partial charge in [0.15, 0.2) is 9.84 Å². The van der Waals surface area contributed by atoms with Crippen LogP contribution in [0.25, 0.3) is 0 Å². The standard InChI is InChI=1S/C14H21NO3S/c1-12-11-18-13(2)10-15(12)8-9-19(16,17)14-6-4-3-5-7-14/h3-7,12-13H,8-11H2,1-2H3/t12-,13+/m1/s1. The molecular formula is C14H21NO3S. The van der Waals surface area contributed by atoms with E-state index in [1.165, 1.54) is 0 Å². The van der Waals surface area contributed by atoms with Gasteiger partial charge in [-0.2, -0.15) is 0 Å². The minimum atomic E-state index is -3.18. The fourth-order valence-electron chi connectivity index (χ4n) is 2.27. The number of benzene rings is 1. The van der Waals surface area contributed by atoms with Gasteiger partial charge < -0.3 is 4.74 Å². The molecule has 0 aromatic heterocycles. The maximum atomic E-state index is 12.2. The average molecular weight is 283 g/mol. The monoisotopic (exact) mass is 283 g/mol. The van der Waals surface area contributed by atoms with Crippen LogP contribution in [0.3, 0.4) is 0 Å². The number of nitrogens with zero attached hydrogens (tertiary/aromatic N) is 1. The minimum Gasteiger partial charge on any atom is -0.376 e. The second-order valence-corrected chi connectivity index (χ2v) is 7.23. The lowest BCUT2D eigenvalue weighted by Crippen LogP contribution is -2.48. The Morgan fingerprint density at radius 3 is 2.63 bits per heavy atom. The van der Waals surface area contributed by atoms with Crippen LogP contribution in [0, 0.1) is 0 Å². The van der Waals surface area contributed by atoms with Crippen molar-refractivity contribution in [3.8, 4) is 0 Å². The van der Waals surface area contributed by atoms with E-state index in [4.69, 9.17) is 4.74 Å². The highest BCUT2D eigenvalue weighted by atomic mass is 32.2. The first kappa shape index (κ1) is 14.5. The first-order valence-electron chi connectivity index (χ1n) is 6.62. The third-order valence-corrected chi connectivity index (χ3v) is 5.20. The zero-order chi connectivity index (χ0) is 13.9. The molecule has 2 atom stereocenters. The van der Waals surface area contributed by atoms with Gasteiger partial charge in [0.2, 0.25) is 0 Å². The van der Waals surface area contributed by atoms with Crippen LogP contribution in [-0.2, 0) is 14.6 Å². The molecule has 106 valence electrons. The molecule has 1 aromatic carbocycles. The number of hydrogen-bond donors (Lipinski definition) is 0. The van der Waals surface area contributed by atoms with E-state index in [1.54, 1.807) is 24.3 Å². The summed E-state index contributed by atoms with van der Waals surface area (Å²) < 4.78 is 30.0. The summed E-state index contributed by atoms with van der Waals surface area (Å²) in [4.78, 5) is 2.60. The molecule has 0 spiro atoms. The summed E-state index contributed by atoms with van der Waals surface area (Å²) in [6.07, 6.45) is 0.177. The van der Waals surface area contributed by atoms with Crippen molar-refractivity contribution < 1.29 is 13.2 Å². The Balaban J connectivity index is 1.98. The number of ether oxygens (including phenoxy) is 1. The normalized spacial score (nSPS) is 25.4. The highest BCUT2D eigenvalue weighted by Gasteiger charge is 2.25. The van der Waals surface area contributed by atoms with Crippen molar-refractivity contribution in [2.75, 3.05) is 25.4 Å². The molecule has 1 saturated heterocycles. The van der Waals surface area contributed by atoms with Gasteiger partial charge in [-0.1, -0.05) is 18.2 Å². The van der Waals surface area contributed by atoms with Gasteiger partial charge in [0.25, 0.3) is 0 Å². The van der Waals surface area contributed by atoms with Crippen molar-refractivity contribution in [1.82, 2.24) is 4.90 Å². The fraction of sp³-hybridized carbons (Fsp3) is 0.571. The van der Waals surface area contributed by atoms with Crippen LogP contribution >= 0.6 is 0 Å². The average Bonchev–Trinajstić information content (AvgIpc) is 2.41. The van der Waals surface area contributed by atoms with E-state index >= 15 is 0 Å². The molecule has 0 radical (unpaired) electrons. The van der Waals surface area contributed by atoms with Crippen molar-refractivity contribution in [3.05, 3.63) is 30.3 Å². The predicted octanol–water partition coefficient (Wildman–Crippen LogP) is 1.57. The van der Waals surface area contributed by atoms with Gasteiger partial charge in [-0.3, -0.25) is 4.90 Å². The highest BCUT2D eigenvalue weighted by molar-refractivity contribution is 7.91. The Hall–Kier alpha value is -0.910. The van der Waals surface area contributed by atoms with E-state index in [-0.39, 0.29) is 17.9 Å². The van der Waals surface area contributed by atoms with Crippen LogP contribution in [-0.4, -0.2) is 50.9 Å². The topological polar surface area (TPSA) is 46.6 Å². The van der Waals surface area contributed by atoms with Gasteiger partial charge in [0, 0.05) is 19.1 Å². The SMILES string of the molecule is C[C@@H]1CO[C@@H](C)CN1CCS(=O)(=O)c1ccccc1. The Labute approximate surface area is 115 Å². The lowest BCUT2D eigenvalue weighted by atomic mass is 10.2. The number of hydrogen-bond acceptors (Lipinski definition) is 4. The van der Waals surface area contributed by atoms with E-state index in [0.29, 0.717) is 18.0 Å². The number of sulfone groups is 1. The number of morpholine rings is 1. The van der Waals surface area contributed by atoms with Gasteiger partial charge in [-0.05, 0) is 26.0 Å². The van der Waals surface area contributed by atoms with Crippen molar-refractivity contribution in [2.24, 2.45) is 0 Å². The van der Waals surface area contributed by atoms with Crippen molar-refractivity contribution >= 4 is 9.84 Å². The zero-order valence-electron chi connectivity index (χ0n) is 11.5. The predicted molar refractivity (Wildman–Crippen MR) is 74.9 cm³/mol. The van der Waals surface area contributed by atoms with Crippen LogP contribution in [0.2, 0.25) is 0 Å². The first-order valence-corrected chi connectivity index (χ1v) is 8.28. The Morgan fingerprint density at radius 1 is 1.26 bits per heavy atom. The Morgan fingerprint density at radius 2 is 1.95 bits per heavy atom. The molecule has 0 amide bonds. The van der Waals surface area contributed by atoms with Crippen LogP contribution in [0.4, 0.5) is 0 Å². The summed E-state index contributed by atoms with van der Waals surface area (Å²) in [7, 11) is -3.18. The third-order valence-electron chi connectivity index (χ3n) is 3.49. The van der Waals surface area contributed by atoms with E-state index in [0.717, 1.165) is 6.54 Å². The van der Waals surface area contributed by atoms with E-state index < -0.39 is 9.84 Å². The molecule has 1 fully saturated rings. The van der Waals surface area contributed by atoms with E-state index in [9.17, 15) is 8.42 Å². The molecular weight excluding hydrogens is 262 g/mol. The molecule has 5 heteroatoms. The maximum Gasteiger partial charge on any atom is 0.179 e. The molecule has 2 rings (SSSR count). The second-order valence-electron chi connectivity index (χ2n) is 5.12. The van der Waals surface area contributed by atoms with Crippen molar-refractivity contribution in [2.45, 2.75) is 30.9 Å². The van der Waals surface area contributed by atoms with Gasteiger partial charge in [-0.15, -0.1) is 0 Å². The highest BCUT2D eigenvalue weighted by Crippen LogP contribution is 2.14. The Bertz CT molecular complexity index is 501. The molecule has 0 unspecified atom stereocenters. The molecule has 1 heterocycles. The van der Waals surface area contributed by atoms with E-state index in [1.807, 2.05) is 13.0 Å². The summed E-state index contributed by atoms with van der Waals surface area (Å²) >= 11 is 0. The molecule has 0 N–H and O–H groups in total. The van der Waals surface area contributed by atoms with Crippen molar-refractivity contribution in [3.63, 3.8) is 0 Å². The molecule has 0 aliphatic carbocycles. The van der Waals surface area contributed by atoms with Crippen LogP contribution < -0.4 is 0 Å². The summed E-state index contributed by atoms with van der Waals surface area (Å²) in [5.74, 6) is 0.161. The molecule has 19 heavy (non-hydrogen) atoms. The summed E-state index contributed by atoms with van der Waals surface area (Å²) in [6, 6.07) is 8.92. The minimum absolute atomic E-state index is 0.161. The molecule has 4 nitrogen and oxygen atoms in total. The third kappa shape index (κ3) is 3.78. The second kappa shape index (κ2) is 6.03. The molecule has 1 aliphatic heterocycles. The zero-order valence-corrected chi connectivity index (χ0v) is 12.3. The Kier molecular flexibility index (Phi) is 4.60. The van der Waals surface area contributed by atoms with Gasteiger partial charge >= 0.3 is 0 Å². The van der Waals surface area contributed by atoms with Gasteiger partial charge in [0.05, 0.1) is 23.4 Å². The van der Waals surface area contributed by atoms with Crippen LogP contribution in [0.5, 0.6) is 0 Å². The molecule has 1 aromatic rings. The summed E-state index contributed by atoms with van der Waals surface area (Å²) in [6.45, 7) is 6.12. The van der Waals surface area contributed by atoms with Gasteiger partial charge in [-0.25, -0.2) is 8.42 Å². The summed E-state index contributed by atoms with van der Waals surface area (Å²) in [5, 5.41) is 0. The van der Waals surface area contributed by atoms with Crippen LogP contribution in [0.15, 0.2) is 35.2 Å². The summed E-state index contributed by atoms with van der Waals surface area (Å²) in [5.41, 5.74) is 0.